The van der Waals surface area contributed by atoms with Gasteiger partial charge in [0.2, 0.25) is 12.7 Å². The van der Waals surface area contributed by atoms with E-state index in [-0.39, 0.29) is 55.4 Å². The maximum absolute atomic E-state index is 13.0. The minimum Gasteiger partial charge on any atom is -0.465 e. The van der Waals surface area contributed by atoms with Crippen LogP contribution in [-0.4, -0.2) is 83.8 Å². The second-order valence-corrected chi connectivity index (χ2v) is 9.52. The lowest BCUT2D eigenvalue weighted by Crippen LogP contribution is -2.59. The van der Waals surface area contributed by atoms with Gasteiger partial charge in [-0.2, -0.15) is 0 Å². The largest absolute Gasteiger partial charge is 0.465 e. The minimum atomic E-state index is -1.14. The van der Waals surface area contributed by atoms with Crippen LogP contribution in [-0.2, 0) is 14.3 Å². The van der Waals surface area contributed by atoms with E-state index in [1.807, 2.05) is 20.8 Å². The van der Waals surface area contributed by atoms with Crippen molar-refractivity contribution in [2.24, 2.45) is 5.41 Å². The lowest BCUT2D eigenvalue weighted by atomic mass is 9.90. The zero-order valence-corrected chi connectivity index (χ0v) is 20.0. The Kier molecular flexibility index (Phi) is 7.35. The van der Waals surface area contributed by atoms with Crippen LogP contribution in [0.2, 0.25) is 0 Å². The molecule has 186 valence electrons. The van der Waals surface area contributed by atoms with Gasteiger partial charge >= 0.3 is 12.1 Å². The third-order valence-electron chi connectivity index (χ3n) is 6.06. The number of carboxylic acid groups (broad SMARTS) is 1. The molecule has 0 saturated carbocycles. The zero-order valence-electron chi connectivity index (χ0n) is 20.0. The summed E-state index contributed by atoms with van der Waals surface area (Å²) in [4.78, 5) is 52.2. The first-order valence-electron chi connectivity index (χ1n) is 11.0. The molecule has 1 saturated heterocycles. The molecule has 3 rings (SSSR count). The number of anilines is 1. The lowest BCUT2D eigenvalue weighted by Gasteiger charge is -2.39. The molecule has 0 aromatic heterocycles. The summed E-state index contributed by atoms with van der Waals surface area (Å²) in [5.41, 5.74) is 0.233. The Morgan fingerprint density at radius 2 is 1.82 bits per heavy atom. The third kappa shape index (κ3) is 5.77. The molecule has 2 aliphatic heterocycles. The summed E-state index contributed by atoms with van der Waals surface area (Å²) in [7, 11) is 0. The van der Waals surface area contributed by atoms with Gasteiger partial charge in [0.25, 0.3) is 0 Å². The molecule has 2 aliphatic rings. The predicted molar refractivity (Wildman–Crippen MR) is 121 cm³/mol. The average Bonchev–Trinajstić information content (AvgIpc) is 3.19. The van der Waals surface area contributed by atoms with Crippen LogP contribution in [0.3, 0.4) is 0 Å². The molecule has 2 N–H and O–H groups in total. The maximum atomic E-state index is 13.0. The quantitative estimate of drug-likeness (QED) is 0.467. The van der Waals surface area contributed by atoms with Gasteiger partial charge in [-0.25, -0.2) is 4.79 Å². The van der Waals surface area contributed by atoms with E-state index in [1.165, 1.54) is 19.1 Å². The Labute approximate surface area is 197 Å². The molecule has 1 fully saturated rings. The number of nitrogens with zero attached hydrogens (tertiary/aromatic N) is 2. The van der Waals surface area contributed by atoms with Gasteiger partial charge in [-0.3, -0.25) is 19.3 Å². The van der Waals surface area contributed by atoms with Crippen molar-refractivity contribution in [3.8, 4) is 11.5 Å². The van der Waals surface area contributed by atoms with Crippen LogP contribution >= 0.6 is 0 Å². The summed E-state index contributed by atoms with van der Waals surface area (Å²) in [5, 5.41) is 12.1. The second kappa shape index (κ2) is 9.88. The number of fused-ring (bicyclic) bond motifs is 1. The van der Waals surface area contributed by atoms with Crippen LogP contribution in [0.25, 0.3) is 0 Å². The van der Waals surface area contributed by atoms with Crippen LogP contribution in [0.15, 0.2) is 12.1 Å². The molecular weight excluding hydrogens is 446 g/mol. The molecule has 0 aliphatic carbocycles. The summed E-state index contributed by atoms with van der Waals surface area (Å²) >= 11 is 0. The predicted octanol–water partition coefficient (Wildman–Crippen LogP) is 2.20. The van der Waals surface area contributed by atoms with E-state index in [1.54, 1.807) is 11.8 Å². The molecule has 11 heteroatoms. The number of nitrogens with one attached hydrogen (secondary N) is 1. The number of hydrogen-bond acceptors (Lipinski definition) is 8. The normalized spacial score (nSPS) is 18.9. The highest BCUT2D eigenvalue weighted by molar-refractivity contribution is 6.05. The SMILES string of the molecule is CC(=O)c1cc2c(cc1NC(=O)CN1CCN(C(=O)O)CC1C(=O)OC(C)C(C)(C)C)OCO2. The monoisotopic (exact) mass is 477 g/mol. The number of carbonyl (C=O) groups excluding carboxylic acids is 3. The molecule has 1 aromatic carbocycles. The van der Waals surface area contributed by atoms with E-state index < -0.39 is 30.1 Å². The molecule has 2 atom stereocenters. The van der Waals surface area contributed by atoms with Gasteiger partial charge in [0.15, 0.2) is 17.3 Å². The van der Waals surface area contributed by atoms with Crippen LogP contribution in [0.5, 0.6) is 11.5 Å². The fourth-order valence-corrected chi connectivity index (χ4v) is 3.55. The Bertz CT molecular complexity index is 987. The van der Waals surface area contributed by atoms with Crippen LogP contribution in [0.4, 0.5) is 10.5 Å². The standard InChI is InChI=1S/C23H31N3O8/c1-13(27)15-8-18-19(33-12-32-18)9-16(15)24-20(28)11-25-6-7-26(22(30)31)10-17(25)21(29)34-14(2)23(3,4)5/h8-9,14,17H,6-7,10-12H2,1-5H3,(H,24,28)(H,30,31). The number of Topliss-reactive ketones (excluding diaryl/α,β-unsaturated/α-hetero) is 1. The van der Waals surface area contributed by atoms with E-state index in [4.69, 9.17) is 14.2 Å². The average molecular weight is 478 g/mol. The third-order valence-corrected chi connectivity index (χ3v) is 6.06. The molecule has 0 bridgehead atoms. The number of ether oxygens (including phenoxy) is 3. The number of benzene rings is 1. The van der Waals surface area contributed by atoms with Crippen molar-refractivity contribution in [1.29, 1.82) is 0 Å². The van der Waals surface area contributed by atoms with Crippen molar-refractivity contribution in [2.45, 2.75) is 46.8 Å². The van der Waals surface area contributed by atoms with Crippen molar-refractivity contribution < 1.29 is 38.5 Å². The first kappa shape index (κ1) is 25.3. The lowest BCUT2D eigenvalue weighted by molar-refractivity contribution is -0.162. The number of hydrogen-bond donors (Lipinski definition) is 2. The van der Waals surface area contributed by atoms with E-state index >= 15 is 0 Å². The number of ketones is 1. The van der Waals surface area contributed by atoms with Crippen molar-refractivity contribution in [3.63, 3.8) is 0 Å². The molecule has 2 unspecified atom stereocenters. The number of esters is 1. The smallest absolute Gasteiger partial charge is 0.407 e. The van der Waals surface area contributed by atoms with Gasteiger partial charge in [-0.15, -0.1) is 0 Å². The minimum absolute atomic E-state index is 0.0225. The molecular formula is C23H31N3O8. The highest BCUT2D eigenvalue weighted by Crippen LogP contribution is 2.37. The Balaban J connectivity index is 1.75. The van der Waals surface area contributed by atoms with E-state index in [0.29, 0.717) is 11.5 Å². The Hall–Kier alpha value is -3.34. The van der Waals surface area contributed by atoms with Gasteiger partial charge in [-0.1, -0.05) is 20.8 Å². The summed E-state index contributed by atoms with van der Waals surface area (Å²) in [6, 6.07) is 2.10. The fourth-order valence-electron chi connectivity index (χ4n) is 3.55. The molecule has 2 amide bonds. The topological polar surface area (TPSA) is 135 Å². The highest BCUT2D eigenvalue weighted by Gasteiger charge is 2.38. The van der Waals surface area contributed by atoms with Crippen LogP contribution in [0.1, 0.15) is 45.0 Å². The molecule has 34 heavy (non-hydrogen) atoms. The summed E-state index contributed by atoms with van der Waals surface area (Å²) in [6.45, 7) is 8.97. The first-order valence-corrected chi connectivity index (χ1v) is 11.0. The van der Waals surface area contributed by atoms with E-state index in [9.17, 15) is 24.3 Å². The maximum Gasteiger partial charge on any atom is 0.407 e. The Morgan fingerprint density at radius 1 is 1.18 bits per heavy atom. The first-order chi connectivity index (χ1) is 15.9. The highest BCUT2D eigenvalue weighted by atomic mass is 16.7. The number of rotatable bonds is 6. The molecule has 0 spiro atoms. The molecule has 2 heterocycles. The Morgan fingerprint density at radius 3 is 2.41 bits per heavy atom. The van der Waals surface area contributed by atoms with Gasteiger partial charge in [0, 0.05) is 24.7 Å². The second-order valence-electron chi connectivity index (χ2n) is 9.52. The number of carbonyl (C=O) groups is 4. The number of amides is 2. The van der Waals surface area contributed by atoms with Crippen LogP contribution < -0.4 is 14.8 Å². The van der Waals surface area contributed by atoms with E-state index in [0.717, 1.165) is 4.90 Å². The summed E-state index contributed by atoms with van der Waals surface area (Å²) < 4.78 is 16.2. The van der Waals surface area contributed by atoms with Gasteiger partial charge in [0.1, 0.15) is 12.1 Å². The van der Waals surface area contributed by atoms with Crippen molar-refractivity contribution in [2.75, 3.05) is 38.3 Å². The molecule has 11 nitrogen and oxygen atoms in total. The van der Waals surface area contributed by atoms with Gasteiger partial charge in [0.05, 0.1) is 18.8 Å². The number of piperazine rings is 1. The molecule has 0 radical (unpaired) electrons. The van der Waals surface area contributed by atoms with Gasteiger partial charge in [-0.05, 0) is 25.3 Å². The van der Waals surface area contributed by atoms with Crippen molar-refractivity contribution in [1.82, 2.24) is 9.80 Å². The van der Waals surface area contributed by atoms with Crippen molar-refractivity contribution >= 4 is 29.4 Å². The summed E-state index contributed by atoms with van der Waals surface area (Å²) in [5.74, 6) is -0.487. The molecule has 1 aromatic rings. The van der Waals surface area contributed by atoms with Crippen molar-refractivity contribution in [3.05, 3.63) is 17.7 Å². The summed E-state index contributed by atoms with van der Waals surface area (Å²) in [6.07, 6.45) is -1.56. The van der Waals surface area contributed by atoms with Crippen LogP contribution in [0, 0.1) is 5.41 Å². The van der Waals surface area contributed by atoms with E-state index in [2.05, 4.69) is 5.32 Å². The zero-order chi connectivity index (χ0) is 25.2. The fraction of sp³-hybridized carbons (Fsp3) is 0.565. The van der Waals surface area contributed by atoms with Gasteiger partial charge < -0.3 is 29.5 Å².